The Bertz CT molecular complexity index is 944. The highest BCUT2D eigenvalue weighted by molar-refractivity contribution is 5.86. The van der Waals surface area contributed by atoms with Crippen molar-refractivity contribution in [3.05, 3.63) is 30.2 Å². The highest BCUT2D eigenvalue weighted by Gasteiger charge is 2.23. The summed E-state index contributed by atoms with van der Waals surface area (Å²) in [4.78, 5) is 37.3. The largest absolute Gasteiger partial charge is 0.452 e. The average Bonchev–Trinajstić information content (AvgIpc) is 2.76. The van der Waals surface area contributed by atoms with Crippen molar-refractivity contribution in [1.82, 2.24) is 20.3 Å². The predicted octanol–water partition coefficient (Wildman–Crippen LogP) is 3.62. The molecule has 0 saturated heterocycles. The van der Waals surface area contributed by atoms with Crippen LogP contribution in [-0.2, 0) is 9.53 Å². The number of hydrogen-bond donors (Lipinski definition) is 2. The lowest BCUT2D eigenvalue weighted by molar-refractivity contribution is -0.119. The van der Waals surface area contributed by atoms with Crippen molar-refractivity contribution < 1.29 is 21.6 Å². The number of amides is 2. The summed E-state index contributed by atoms with van der Waals surface area (Å²) in [7, 11) is 1.29. The number of aromatic nitrogens is 3. The molecule has 0 atom stereocenters. The van der Waals surface area contributed by atoms with E-state index in [1.165, 1.54) is 18.9 Å². The minimum atomic E-state index is -0.606. The van der Waals surface area contributed by atoms with Gasteiger partial charge in [-0.15, -0.1) is 0 Å². The van der Waals surface area contributed by atoms with E-state index in [1.807, 2.05) is 0 Å². The van der Waals surface area contributed by atoms with E-state index < -0.39 is 11.9 Å². The van der Waals surface area contributed by atoms with Crippen LogP contribution in [0.3, 0.4) is 0 Å². The minimum absolute atomic E-state index is 0. The summed E-state index contributed by atoms with van der Waals surface area (Å²) in [6.45, 7) is 3.66. The van der Waals surface area contributed by atoms with Crippen molar-refractivity contribution in [2.24, 2.45) is 0 Å². The van der Waals surface area contributed by atoms with Crippen LogP contribution < -0.4 is 15.5 Å². The van der Waals surface area contributed by atoms with E-state index in [9.17, 15) is 14.0 Å². The normalized spacial score (nSPS) is 18.2. The monoisotopic (exact) mass is 434 g/mol. The Balaban J connectivity index is 0.00000272. The summed E-state index contributed by atoms with van der Waals surface area (Å²) in [6.07, 6.45) is 3.97. The molecule has 0 bridgehead atoms. The van der Waals surface area contributed by atoms with E-state index >= 15 is 0 Å². The van der Waals surface area contributed by atoms with Crippen molar-refractivity contribution in [2.75, 3.05) is 23.9 Å². The molecule has 170 valence electrons. The number of rotatable bonds is 6. The van der Waals surface area contributed by atoms with Gasteiger partial charge in [-0.3, -0.25) is 9.69 Å². The Hall–Kier alpha value is -3.30. The average molecular weight is 435 g/mol. The lowest BCUT2D eigenvalue weighted by Crippen LogP contribution is -2.39. The SMILES string of the molecule is CCN(C(=O)OC)c1cccc(-c2nc(NC3CCC(NC(C)=O)CC3)ncc2F)n1.[HH].[HH]. The Labute approximate surface area is 183 Å². The number of methoxy groups -OCH3 is 1. The van der Waals surface area contributed by atoms with Crippen LogP contribution in [-0.4, -0.2) is 52.7 Å². The minimum Gasteiger partial charge on any atom is -0.452 e. The molecule has 0 spiro atoms. The van der Waals surface area contributed by atoms with E-state index in [2.05, 4.69) is 25.6 Å². The van der Waals surface area contributed by atoms with E-state index in [1.54, 1.807) is 25.1 Å². The molecule has 3 rings (SSSR count). The van der Waals surface area contributed by atoms with E-state index in [-0.39, 0.29) is 32.2 Å². The smallest absolute Gasteiger partial charge is 0.415 e. The summed E-state index contributed by atoms with van der Waals surface area (Å²) in [5.74, 6) is 0.0275. The van der Waals surface area contributed by atoms with Crippen molar-refractivity contribution >= 4 is 23.8 Å². The quantitative estimate of drug-likeness (QED) is 0.714. The van der Waals surface area contributed by atoms with Gasteiger partial charge >= 0.3 is 6.09 Å². The molecule has 0 aliphatic heterocycles. The van der Waals surface area contributed by atoms with E-state index in [4.69, 9.17) is 4.74 Å². The molecule has 2 aromatic heterocycles. The van der Waals surface area contributed by atoms with Gasteiger partial charge in [0.2, 0.25) is 11.9 Å². The second kappa shape index (κ2) is 10.1. The fraction of sp³-hybridized carbons (Fsp3) is 0.476. The Kier molecular flexibility index (Phi) is 7.32. The molecular formula is C21H31FN6O3. The molecule has 1 aliphatic rings. The zero-order valence-corrected chi connectivity index (χ0v) is 17.9. The summed E-state index contributed by atoms with van der Waals surface area (Å²) in [6, 6.07) is 5.28. The first-order valence-corrected chi connectivity index (χ1v) is 10.3. The molecule has 0 radical (unpaired) electrons. The van der Waals surface area contributed by atoms with Gasteiger partial charge in [-0.2, -0.15) is 0 Å². The second-order valence-corrected chi connectivity index (χ2v) is 7.38. The van der Waals surface area contributed by atoms with Gasteiger partial charge in [-0.05, 0) is 44.7 Å². The zero-order chi connectivity index (χ0) is 22.4. The first-order valence-electron chi connectivity index (χ1n) is 10.3. The van der Waals surface area contributed by atoms with Crippen LogP contribution in [0.5, 0.6) is 0 Å². The third-order valence-corrected chi connectivity index (χ3v) is 5.18. The van der Waals surface area contributed by atoms with Crippen LogP contribution in [0, 0.1) is 5.82 Å². The van der Waals surface area contributed by atoms with Crippen LogP contribution in [0.2, 0.25) is 0 Å². The van der Waals surface area contributed by atoms with E-state index in [0.717, 1.165) is 31.9 Å². The number of hydrogen-bond acceptors (Lipinski definition) is 7. The molecular weight excluding hydrogens is 403 g/mol. The molecule has 2 amide bonds. The number of ether oxygens (including phenoxy) is 1. The van der Waals surface area contributed by atoms with Gasteiger partial charge in [0.25, 0.3) is 0 Å². The molecule has 31 heavy (non-hydrogen) atoms. The van der Waals surface area contributed by atoms with Gasteiger partial charge in [0.1, 0.15) is 11.5 Å². The molecule has 2 aromatic rings. The third kappa shape index (κ3) is 5.65. The molecule has 10 heteroatoms. The lowest BCUT2D eigenvalue weighted by Gasteiger charge is -2.29. The number of pyridine rings is 1. The summed E-state index contributed by atoms with van der Waals surface area (Å²) >= 11 is 0. The number of nitrogens with one attached hydrogen (secondary N) is 2. The first kappa shape index (κ1) is 22.4. The van der Waals surface area contributed by atoms with Gasteiger partial charge in [0.05, 0.1) is 19.0 Å². The van der Waals surface area contributed by atoms with Crippen LogP contribution >= 0.6 is 0 Å². The van der Waals surface area contributed by atoms with Crippen LogP contribution in [0.4, 0.5) is 21.0 Å². The highest BCUT2D eigenvalue weighted by atomic mass is 19.1. The van der Waals surface area contributed by atoms with Crippen molar-refractivity contribution in [1.29, 1.82) is 0 Å². The molecule has 2 N–H and O–H groups in total. The summed E-state index contributed by atoms with van der Waals surface area (Å²) in [5.41, 5.74) is 0.337. The molecule has 9 nitrogen and oxygen atoms in total. The number of carbonyl (C=O) groups is 2. The first-order chi connectivity index (χ1) is 14.9. The second-order valence-electron chi connectivity index (χ2n) is 7.38. The van der Waals surface area contributed by atoms with Gasteiger partial charge in [-0.1, -0.05) is 6.07 Å². The number of halogens is 1. The van der Waals surface area contributed by atoms with Crippen LogP contribution in [0.1, 0.15) is 42.4 Å². The Morgan fingerprint density at radius 2 is 1.94 bits per heavy atom. The molecule has 1 saturated carbocycles. The maximum absolute atomic E-state index is 14.5. The highest BCUT2D eigenvalue weighted by Crippen LogP contribution is 2.25. The molecule has 0 aromatic carbocycles. The number of carbonyl (C=O) groups excluding carboxylic acids is 2. The fourth-order valence-corrected chi connectivity index (χ4v) is 3.67. The van der Waals surface area contributed by atoms with E-state index in [0.29, 0.717) is 18.3 Å². The Morgan fingerprint density at radius 1 is 1.23 bits per heavy atom. The van der Waals surface area contributed by atoms with Gasteiger partial charge in [0.15, 0.2) is 5.82 Å². The summed E-state index contributed by atoms with van der Waals surface area (Å²) in [5, 5.41) is 6.20. The van der Waals surface area contributed by atoms with Crippen LogP contribution in [0.15, 0.2) is 24.4 Å². The zero-order valence-electron chi connectivity index (χ0n) is 17.9. The van der Waals surface area contributed by atoms with Gasteiger partial charge < -0.3 is 15.4 Å². The topological polar surface area (TPSA) is 109 Å². The van der Waals surface area contributed by atoms with Gasteiger partial charge in [-0.25, -0.2) is 24.1 Å². The molecule has 0 unspecified atom stereocenters. The maximum Gasteiger partial charge on any atom is 0.415 e. The van der Waals surface area contributed by atoms with Crippen molar-refractivity contribution in [3.63, 3.8) is 0 Å². The van der Waals surface area contributed by atoms with Gasteiger partial charge in [0, 0.05) is 28.4 Å². The molecule has 1 fully saturated rings. The van der Waals surface area contributed by atoms with Crippen molar-refractivity contribution in [3.8, 4) is 11.4 Å². The summed E-state index contributed by atoms with van der Waals surface area (Å²) < 4.78 is 19.3. The predicted molar refractivity (Wildman–Crippen MR) is 118 cm³/mol. The standard InChI is InChI=1S/C21H27FN6O3.2H2/c1-4-28(21(30)31-3)18-7-5-6-17(26-18)19-16(22)12-23-20(27-19)25-15-10-8-14(9-11-15)24-13(2)29;;/h5-7,12,14-15H,4,8-11H2,1-3H3,(H,24,29)(H,23,25,27);2*1H. The van der Waals surface area contributed by atoms with Crippen molar-refractivity contribution in [2.45, 2.75) is 51.6 Å². The van der Waals surface area contributed by atoms with Crippen LogP contribution in [0.25, 0.3) is 11.4 Å². The maximum atomic E-state index is 14.5. The molecule has 1 aliphatic carbocycles. The lowest BCUT2D eigenvalue weighted by atomic mass is 9.91. The Morgan fingerprint density at radius 3 is 2.58 bits per heavy atom. The number of nitrogens with zero attached hydrogens (tertiary/aromatic N) is 4. The molecule has 2 heterocycles. The third-order valence-electron chi connectivity index (χ3n) is 5.18. The number of anilines is 2. The fourth-order valence-electron chi connectivity index (χ4n) is 3.67.